The molecule has 0 bridgehead atoms. The van der Waals surface area contributed by atoms with Gasteiger partial charge >= 0.3 is 0 Å². The monoisotopic (exact) mass is 420 g/mol. The molecule has 1 N–H and O–H groups in total. The van der Waals surface area contributed by atoms with Gasteiger partial charge in [-0.25, -0.2) is 13.7 Å². The molecule has 1 aliphatic rings. The summed E-state index contributed by atoms with van der Waals surface area (Å²) in [6.45, 7) is 2.35. The van der Waals surface area contributed by atoms with Gasteiger partial charge in [-0.1, -0.05) is 18.2 Å². The van der Waals surface area contributed by atoms with Crippen molar-refractivity contribution in [3.05, 3.63) is 95.7 Å². The van der Waals surface area contributed by atoms with Crippen molar-refractivity contribution < 1.29 is 23.1 Å². The summed E-state index contributed by atoms with van der Waals surface area (Å²) >= 11 is 0. The second-order valence-corrected chi connectivity index (χ2v) is 6.76. The SMILES string of the molecule is CCOc1ccc(C2=C(Nc3cccc(F)c3)C(=O)N(c3ccc(F)cc3)C2=O)cc1. The number of imide groups is 1. The summed E-state index contributed by atoms with van der Waals surface area (Å²) in [5.74, 6) is -1.54. The summed E-state index contributed by atoms with van der Waals surface area (Å²) in [7, 11) is 0. The van der Waals surface area contributed by atoms with E-state index in [1.807, 2.05) is 6.92 Å². The fraction of sp³-hybridized carbons (Fsp3) is 0.0833. The van der Waals surface area contributed by atoms with Crippen molar-refractivity contribution in [3.63, 3.8) is 0 Å². The van der Waals surface area contributed by atoms with Crippen LogP contribution in [0.25, 0.3) is 5.57 Å². The Labute approximate surface area is 177 Å². The van der Waals surface area contributed by atoms with Gasteiger partial charge in [-0.15, -0.1) is 0 Å². The highest BCUT2D eigenvalue weighted by Crippen LogP contribution is 2.34. The van der Waals surface area contributed by atoms with Gasteiger partial charge in [0.05, 0.1) is 17.9 Å². The molecule has 3 aromatic carbocycles. The third-order valence-corrected chi connectivity index (χ3v) is 4.72. The number of hydrogen-bond acceptors (Lipinski definition) is 4. The number of amides is 2. The first kappa shape index (κ1) is 20.3. The highest BCUT2D eigenvalue weighted by molar-refractivity contribution is 6.46. The van der Waals surface area contributed by atoms with E-state index in [4.69, 9.17) is 4.74 Å². The summed E-state index contributed by atoms with van der Waals surface area (Å²) in [5, 5.41) is 2.88. The maximum Gasteiger partial charge on any atom is 0.282 e. The minimum Gasteiger partial charge on any atom is -0.494 e. The Morgan fingerprint density at radius 2 is 1.58 bits per heavy atom. The lowest BCUT2D eigenvalue weighted by Crippen LogP contribution is -2.32. The summed E-state index contributed by atoms with van der Waals surface area (Å²) < 4.78 is 32.5. The average Bonchev–Trinajstić information content (AvgIpc) is 2.99. The van der Waals surface area contributed by atoms with E-state index in [-0.39, 0.29) is 17.0 Å². The quantitative estimate of drug-likeness (QED) is 0.584. The molecule has 0 radical (unpaired) electrons. The Balaban J connectivity index is 1.79. The van der Waals surface area contributed by atoms with Crippen molar-refractivity contribution in [2.24, 2.45) is 0 Å². The molecule has 31 heavy (non-hydrogen) atoms. The fourth-order valence-electron chi connectivity index (χ4n) is 3.33. The molecule has 1 heterocycles. The van der Waals surface area contributed by atoms with Gasteiger partial charge in [-0.05, 0) is 67.1 Å². The zero-order chi connectivity index (χ0) is 22.0. The third-order valence-electron chi connectivity index (χ3n) is 4.72. The molecule has 156 valence electrons. The van der Waals surface area contributed by atoms with Crippen molar-refractivity contribution in [1.82, 2.24) is 0 Å². The Kier molecular flexibility index (Phi) is 5.49. The molecule has 0 aromatic heterocycles. The van der Waals surface area contributed by atoms with E-state index < -0.39 is 23.4 Å². The van der Waals surface area contributed by atoms with E-state index in [2.05, 4.69) is 5.32 Å². The zero-order valence-electron chi connectivity index (χ0n) is 16.6. The molecular formula is C24H18F2N2O3. The lowest BCUT2D eigenvalue weighted by atomic mass is 10.0. The summed E-state index contributed by atoms with van der Waals surface area (Å²) in [6.07, 6.45) is 0. The van der Waals surface area contributed by atoms with Gasteiger partial charge in [-0.3, -0.25) is 9.59 Å². The van der Waals surface area contributed by atoms with E-state index in [0.717, 1.165) is 4.90 Å². The minimum absolute atomic E-state index is 0.00378. The van der Waals surface area contributed by atoms with Gasteiger partial charge in [0.1, 0.15) is 23.1 Å². The van der Waals surface area contributed by atoms with Crippen molar-refractivity contribution in [1.29, 1.82) is 0 Å². The van der Waals surface area contributed by atoms with Crippen molar-refractivity contribution in [2.75, 3.05) is 16.8 Å². The number of ether oxygens (including phenoxy) is 1. The molecule has 0 aliphatic carbocycles. The van der Waals surface area contributed by atoms with E-state index in [9.17, 15) is 18.4 Å². The Morgan fingerprint density at radius 3 is 2.23 bits per heavy atom. The maximum atomic E-state index is 13.7. The Morgan fingerprint density at radius 1 is 0.871 bits per heavy atom. The average molecular weight is 420 g/mol. The standard InChI is InChI=1S/C24H18F2N2O3/c1-2-31-20-12-6-15(7-13-20)21-22(27-18-5-3-4-17(26)14-18)24(30)28(23(21)29)19-10-8-16(25)9-11-19/h3-14,27H,2H2,1H3. The molecule has 3 aromatic rings. The third kappa shape index (κ3) is 4.02. The van der Waals surface area contributed by atoms with E-state index in [0.29, 0.717) is 23.6 Å². The van der Waals surface area contributed by atoms with E-state index in [1.165, 1.54) is 42.5 Å². The fourth-order valence-corrected chi connectivity index (χ4v) is 3.33. The molecule has 0 fully saturated rings. The lowest BCUT2D eigenvalue weighted by Gasteiger charge is -2.15. The smallest absolute Gasteiger partial charge is 0.282 e. The molecule has 0 atom stereocenters. The Hall–Kier alpha value is -4.00. The number of rotatable bonds is 6. The maximum absolute atomic E-state index is 13.7. The number of carbonyl (C=O) groups excluding carboxylic acids is 2. The minimum atomic E-state index is -0.621. The summed E-state index contributed by atoms with van der Waals surface area (Å²) in [6, 6.07) is 17.4. The van der Waals surface area contributed by atoms with Gasteiger partial charge in [0.2, 0.25) is 0 Å². The predicted octanol–water partition coefficient (Wildman–Crippen LogP) is 4.76. The molecule has 5 nitrogen and oxygen atoms in total. The number of benzene rings is 3. The van der Waals surface area contributed by atoms with Crippen LogP contribution in [0.15, 0.2) is 78.5 Å². The van der Waals surface area contributed by atoms with Crippen LogP contribution in [0.1, 0.15) is 12.5 Å². The summed E-state index contributed by atoms with van der Waals surface area (Å²) in [4.78, 5) is 27.5. The molecule has 0 saturated carbocycles. The predicted molar refractivity (Wildman–Crippen MR) is 113 cm³/mol. The van der Waals surface area contributed by atoms with Gasteiger partial charge in [0, 0.05) is 5.69 Å². The van der Waals surface area contributed by atoms with E-state index >= 15 is 0 Å². The molecule has 0 unspecified atom stereocenters. The molecule has 4 rings (SSSR count). The molecule has 7 heteroatoms. The highest BCUT2D eigenvalue weighted by Gasteiger charge is 2.40. The van der Waals surface area contributed by atoms with Crippen LogP contribution in [-0.2, 0) is 9.59 Å². The highest BCUT2D eigenvalue weighted by atomic mass is 19.1. The van der Waals surface area contributed by atoms with E-state index in [1.54, 1.807) is 30.3 Å². The van der Waals surface area contributed by atoms with Crippen LogP contribution in [0.4, 0.5) is 20.2 Å². The number of hydrogen-bond donors (Lipinski definition) is 1. The van der Waals surface area contributed by atoms with Crippen LogP contribution in [0, 0.1) is 11.6 Å². The second-order valence-electron chi connectivity index (χ2n) is 6.76. The zero-order valence-corrected chi connectivity index (χ0v) is 16.6. The molecule has 1 aliphatic heterocycles. The number of nitrogens with zero attached hydrogens (tertiary/aromatic N) is 1. The first-order valence-corrected chi connectivity index (χ1v) is 9.62. The molecule has 0 spiro atoms. The van der Waals surface area contributed by atoms with Crippen LogP contribution in [0.3, 0.4) is 0 Å². The second kappa shape index (κ2) is 8.39. The number of halogens is 2. The van der Waals surface area contributed by atoms with Crippen LogP contribution >= 0.6 is 0 Å². The Bertz CT molecular complexity index is 1170. The molecule has 0 saturated heterocycles. The van der Waals surface area contributed by atoms with Crippen molar-refractivity contribution in [3.8, 4) is 5.75 Å². The van der Waals surface area contributed by atoms with Crippen LogP contribution < -0.4 is 15.0 Å². The van der Waals surface area contributed by atoms with Gasteiger partial charge in [0.15, 0.2) is 0 Å². The molecule has 2 amide bonds. The van der Waals surface area contributed by atoms with Crippen LogP contribution in [0.5, 0.6) is 5.75 Å². The van der Waals surface area contributed by atoms with Crippen LogP contribution in [-0.4, -0.2) is 18.4 Å². The largest absolute Gasteiger partial charge is 0.494 e. The summed E-state index contributed by atoms with van der Waals surface area (Å²) in [5.41, 5.74) is 1.17. The lowest BCUT2D eigenvalue weighted by molar-refractivity contribution is -0.120. The molecular weight excluding hydrogens is 402 g/mol. The van der Waals surface area contributed by atoms with Gasteiger partial charge in [0.25, 0.3) is 11.8 Å². The normalized spacial score (nSPS) is 13.7. The van der Waals surface area contributed by atoms with Crippen molar-refractivity contribution in [2.45, 2.75) is 6.92 Å². The first-order valence-electron chi connectivity index (χ1n) is 9.62. The number of carbonyl (C=O) groups is 2. The van der Waals surface area contributed by atoms with Crippen LogP contribution in [0.2, 0.25) is 0 Å². The number of anilines is 2. The van der Waals surface area contributed by atoms with Gasteiger partial charge in [-0.2, -0.15) is 0 Å². The number of nitrogens with one attached hydrogen (secondary N) is 1. The van der Waals surface area contributed by atoms with Crippen molar-refractivity contribution >= 4 is 28.8 Å². The topological polar surface area (TPSA) is 58.6 Å². The van der Waals surface area contributed by atoms with Gasteiger partial charge < -0.3 is 10.1 Å². The first-order chi connectivity index (χ1) is 15.0.